The highest BCUT2D eigenvalue weighted by molar-refractivity contribution is 6.35. The molecule has 0 atom stereocenters. The number of benzene rings is 1. The molecule has 3 aromatic heterocycles. The lowest BCUT2D eigenvalue weighted by Crippen LogP contribution is -2.23. The lowest BCUT2D eigenvalue weighted by Gasteiger charge is -2.08. The van der Waals surface area contributed by atoms with Crippen LogP contribution in [0.2, 0.25) is 5.02 Å². The minimum absolute atomic E-state index is 0.0406. The molecule has 7 nitrogen and oxygen atoms in total. The summed E-state index contributed by atoms with van der Waals surface area (Å²) in [6, 6.07) is 4.76. The molecule has 3 N–H and O–H groups in total. The molecule has 3 heterocycles. The Morgan fingerprint density at radius 1 is 1.20 bits per heavy atom. The first-order chi connectivity index (χ1) is 14.5. The quantitative estimate of drug-likeness (QED) is 0.423. The highest BCUT2D eigenvalue weighted by Crippen LogP contribution is 2.25. The minimum Gasteiger partial charge on any atom is -0.360 e. The van der Waals surface area contributed by atoms with Crippen LogP contribution in [0.15, 0.2) is 49.2 Å². The van der Waals surface area contributed by atoms with Gasteiger partial charge in [0.15, 0.2) is 0 Å². The highest BCUT2D eigenvalue weighted by Gasteiger charge is 2.12. The Bertz CT molecular complexity index is 1200. The van der Waals surface area contributed by atoms with Crippen molar-refractivity contribution in [2.24, 2.45) is 0 Å². The Balaban J connectivity index is 1.44. The lowest BCUT2D eigenvalue weighted by atomic mass is 10.1. The maximum Gasteiger partial charge on any atom is 0.253 e. The minimum atomic E-state index is -0.413. The number of carbonyl (C=O) groups is 1. The summed E-state index contributed by atoms with van der Waals surface area (Å²) in [5.41, 5.74) is 3.28. The molecule has 0 unspecified atom stereocenters. The van der Waals surface area contributed by atoms with Gasteiger partial charge >= 0.3 is 0 Å². The summed E-state index contributed by atoms with van der Waals surface area (Å²) >= 11 is 6.10. The number of aromatic amines is 1. The lowest BCUT2D eigenvalue weighted by molar-refractivity contribution is 0.0950. The van der Waals surface area contributed by atoms with Crippen molar-refractivity contribution in [3.63, 3.8) is 0 Å². The van der Waals surface area contributed by atoms with Crippen LogP contribution < -0.4 is 10.6 Å². The molecule has 0 fully saturated rings. The van der Waals surface area contributed by atoms with Gasteiger partial charge in [-0.2, -0.15) is 5.10 Å². The molecule has 0 aliphatic rings. The maximum atomic E-state index is 14.3. The largest absolute Gasteiger partial charge is 0.360 e. The summed E-state index contributed by atoms with van der Waals surface area (Å²) in [7, 11) is 1.88. The Morgan fingerprint density at radius 3 is 2.90 bits per heavy atom. The van der Waals surface area contributed by atoms with Crippen molar-refractivity contribution in [1.82, 2.24) is 30.4 Å². The number of fused-ring (bicyclic) bond motifs is 1. The SMILES string of the molecule is CNCc1cnn(Cc2cncc(C(=O)NCc3cc4c(Cl)c[nH]c4cc3F)c2)c1. The van der Waals surface area contributed by atoms with Gasteiger partial charge in [0.25, 0.3) is 5.91 Å². The number of amides is 1. The first-order valence-corrected chi connectivity index (χ1v) is 9.74. The molecule has 9 heteroatoms. The monoisotopic (exact) mass is 426 g/mol. The van der Waals surface area contributed by atoms with E-state index in [-0.39, 0.29) is 12.5 Å². The Morgan fingerprint density at radius 2 is 2.07 bits per heavy atom. The molecule has 0 bridgehead atoms. The third-order valence-electron chi connectivity index (χ3n) is 4.71. The molecule has 0 aliphatic heterocycles. The number of hydrogen-bond acceptors (Lipinski definition) is 4. The third-order valence-corrected chi connectivity index (χ3v) is 5.02. The van der Waals surface area contributed by atoms with Crippen LogP contribution in [-0.4, -0.2) is 32.7 Å². The standard InChI is InChI=1S/C21H20ClFN6O/c1-24-5-14-7-28-29(12-14)11-13-2-16(8-25-6-13)21(30)27-9-15-3-17-18(22)10-26-20(17)4-19(15)23/h2-4,6-8,10,12,24,26H,5,9,11H2,1H3,(H,27,30). The van der Waals surface area contributed by atoms with E-state index in [0.29, 0.717) is 33.6 Å². The van der Waals surface area contributed by atoms with Crippen LogP contribution in [0.25, 0.3) is 10.9 Å². The van der Waals surface area contributed by atoms with Gasteiger partial charge in [-0.3, -0.25) is 14.5 Å². The number of rotatable bonds is 7. The molecule has 0 saturated carbocycles. The topological polar surface area (TPSA) is 87.6 Å². The summed E-state index contributed by atoms with van der Waals surface area (Å²) in [5.74, 6) is -0.746. The summed E-state index contributed by atoms with van der Waals surface area (Å²) < 4.78 is 16.1. The number of carbonyl (C=O) groups excluding carboxylic acids is 1. The van der Waals surface area contributed by atoms with Gasteiger partial charge in [-0.15, -0.1) is 0 Å². The van der Waals surface area contributed by atoms with E-state index in [1.54, 1.807) is 35.4 Å². The van der Waals surface area contributed by atoms with Gasteiger partial charge in [0.05, 0.1) is 23.3 Å². The summed E-state index contributed by atoms with van der Waals surface area (Å²) in [5, 5.41) is 11.3. The number of hydrogen-bond donors (Lipinski definition) is 3. The van der Waals surface area contributed by atoms with E-state index >= 15 is 0 Å². The predicted molar refractivity (Wildman–Crippen MR) is 113 cm³/mol. The van der Waals surface area contributed by atoms with Gasteiger partial charge in [-0.25, -0.2) is 4.39 Å². The molecule has 154 valence electrons. The van der Waals surface area contributed by atoms with E-state index in [1.807, 2.05) is 13.2 Å². The van der Waals surface area contributed by atoms with Crippen LogP contribution >= 0.6 is 11.6 Å². The zero-order valence-electron chi connectivity index (χ0n) is 16.2. The average molecular weight is 427 g/mol. The molecule has 1 amide bonds. The molecule has 0 aliphatic carbocycles. The van der Waals surface area contributed by atoms with Crippen molar-refractivity contribution in [1.29, 1.82) is 0 Å². The number of halogens is 2. The second-order valence-corrected chi connectivity index (χ2v) is 7.37. The second kappa shape index (κ2) is 8.64. The number of nitrogens with zero attached hydrogens (tertiary/aromatic N) is 3. The smallest absolute Gasteiger partial charge is 0.253 e. The number of nitrogens with one attached hydrogen (secondary N) is 3. The van der Waals surface area contributed by atoms with Gasteiger partial charge in [-0.1, -0.05) is 11.6 Å². The first-order valence-electron chi connectivity index (χ1n) is 9.36. The molecule has 0 radical (unpaired) electrons. The number of aromatic nitrogens is 4. The van der Waals surface area contributed by atoms with Crippen LogP contribution in [0.3, 0.4) is 0 Å². The van der Waals surface area contributed by atoms with Crippen molar-refractivity contribution in [2.75, 3.05) is 7.05 Å². The van der Waals surface area contributed by atoms with E-state index in [2.05, 4.69) is 25.7 Å². The van der Waals surface area contributed by atoms with Crippen molar-refractivity contribution in [3.8, 4) is 0 Å². The van der Waals surface area contributed by atoms with E-state index in [4.69, 9.17) is 11.6 Å². The van der Waals surface area contributed by atoms with E-state index in [1.165, 1.54) is 12.3 Å². The van der Waals surface area contributed by atoms with Crippen LogP contribution in [0, 0.1) is 5.82 Å². The van der Waals surface area contributed by atoms with Crippen LogP contribution in [0.5, 0.6) is 0 Å². The van der Waals surface area contributed by atoms with Gasteiger partial charge in [0, 0.05) is 59.9 Å². The Hall–Kier alpha value is -3.23. The number of H-pyrrole nitrogens is 1. The fraction of sp³-hybridized carbons (Fsp3) is 0.190. The zero-order valence-corrected chi connectivity index (χ0v) is 17.0. The van der Waals surface area contributed by atoms with Crippen molar-refractivity contribution < 1.29 is 9.18 Å². The molecule has 30 heavy (non-hydrogen) atoms. The van der Waals surface area contributed by atoms with Gasteiger partial charge in [0.1, 0.15) is 5.82 Å². The fourth-order valence-corrected chi connectivity index (χ4v) is 3.45. The van der Waals surface area contributed by atoms with Crippen LogP contribution in [0.4, 0.5) is 4.39 Å². The Kier molecular flexibility index (Phi) is 5.78. The highest BCUT2D eigenvalue weighted by atomic mass is 35.5. The second-order valence-electron chi connectivity index (χ2n) is 6.97. The van der Waals surface area contributed by atoms with E-state index in [9.17, 15) is 9.18 Å². The molecule has 0 spiro atoms. The molecule has 0 saturated heterocycles. The summed E-state index contributed by atoms with van der Waals surface area (Å²) in [4.78, 5) is 19.6. The number of pyridine rings is 1. The molecular weight excluding hydrogens is 407 g/mol. The van der Waals surface area contributed by atoms with Crippen molar-refractivity contribution in [2.45, 2.75) is 19.6 Å². The predicted octanol–water partition coefficient (Wildman–Crippen LogP) is 3.25. The fourth-order valence-electron chi connectivity index (χ4n) is 3.24. The van der Waals surface area contributed by atoms with Gasteiger partial charge in [0.2, 0.25) is 0 Å². The van der Waals surface area contributed by atoms with Gasteiger partial charge in [-0.05, 0) is 30.8 Å². The average Bonchev–Trinajstić information content (AvgIpc) is 3.32. The molecule has 4 rings (SSSR count). The first kappa shape index (κ1) is 20.1. The van der Waals surface area contributed by atoms with Crippen molar-refractivity contribution in [3.05, 3.63) is 82.3 Å². The van der Waals surface area contributed by atoms with E-state index < -0.39 is 5.82 Å². The summed E-state index contributed by atoms with van der Waals surface area (Å²) in [6.45, 7) is 1.27. The Labute approximate surface area is 177 Å². The van der Waals surface area contributed by atoms with Crippen LogP contribution in [0.1, 0.15) is 27.0 Å². The normalized spacial score (nSPS) is 11.2. The van der Waals surface area contributed by atoms with Crippen LogP contribution in [-0.2, 0) is 19.6 Å². The van der Waals surface area contributed by atoms with Gasteiger partial charge < -0.3 is 15.6 Å². The summed E-state index contributed by atoms with van der Waals surface area (Å²) in [6.07, 6.45) is 8.51. The molecule has 1 aromatic carbocycles. The van der Waals surface area contributed by atoms with E-state index in [0.717, 1.165) is 17.7 Å². The van der Waals surface area contributed by atoms with Crippen molar-refractivity contribution >= 4 is 28.4 Å². The maximum absolute atomic E-state index is 14.3. The third kappa shape index (κ3) is 4.34. The molecular formula is C21H20ClFN6O. The zero-order chi connectivity index (χ0) is 21.1. The molecule has 4 aromatic rings.